The Hall–Kier alpha value is -4.00. The number of hydrazine groups is 1. The lowest BCUT2D eigenvalue weighted by atomic mass is 10.1. The number of hydrogen-bond acceptors (Lipinski definition) is 7. The van der Waals surface area contributed by atoms with E-state index in [1.54, 1.807) is 0 Å². The van der Waals surface area contributed by atoms with Crippen LogP contribution in [0.25, 0.3) is 5.76 Å². The average molecular weight is 328 g/mol. The van der Waals surface area contributed by atoms with Crippen molar-refractivity contribution in [3.8, 4) is 6.07 Å². The summed E-state index contributed by atoms with van der Waals surface area (Å²) in [4.78, 5) is 44.6. The van der Waals surface area contributed by atoms with Crippen LogP contribution in [0, 0.1) is 21.4 Å². The van der Waals surface area contributed by atoms with Crippen LogP contribution >= 0.6 is 0 Å². The zero-order chi connectivity index (χ0) is 17.9. The Labute approximate surface area is 134 Å². The maximum absolute atomic E-state index is 12.0. The van der Waals surface area contributed by atoms with Crippen LogP contribution in [-0.2, 0) is 14.4 Å². The van der Waals surface area contributed by atoms with Gasteiger partial charge in [-0.25, -0.2) is 0 Å². The van der Waals surface area contributed by atoms with E-state index in [2.05, 4.69) is 0 Å². The van der Waals surface area contributed by atoms with Crippen LogP contribution in [0.15, 0.2) is 42.0 Å². The van der Waals surface area contributed by atoms with Gasteiger partial charge >= 0.3 is 0 Å². The zero-order valence-electron chi connectivity index (χ0n) is 11.8. The number of rotatable bonds is 4. The summed E-state index contributed by atoms with van der Waals surface area (Å²) in [5.41, 5.74) is 0.861. The Bertz CT molecular complexity index is 829. The molecule has 0 saturated heterocycles. The molecule has 0 aliphatic carbocycles. The SMILES string of the molecule is N#C/C(C(=O)NN1C(=O)C=CC1=O)=C(\O)c1ccc([N+](=O)[O-])cc1. The molecular formula is C14H8N4O6. The predicted octanol–water partition coefficient (Wildman–Crippen LogP) is 0.344. The Balaban J connectivity index is 2.28. The molecule has 1 heterocycles. The molecule has 2 rings (SSSR count). The van der Waals surface area contributed by atoms with Gasteiger partial charge in [0.15, 0.2) is 5.57 Å². The predicted molar refractivity (Wildman–Crippen MR) is 77.4 cm³/mol. The molecule has 0 bridgehead atoms. The standard InChI is InChI=1S/C14H8N4O6/c15-7-10(14(22)16-17-11(19)5-6-12(17)20)13(21)8-1-3-9(4-2-8)18(23)24/h1-6,21H,(H,16,22)/b13-10+. The third kappa shape index (κ3) is 3.09. The molecule has 0 radical (unpaired) electrons. The molecule has 1 aliphatic rings. The van der Waals surface area contributed by atoms with Crippen LogP contribution in [0.1, 0.15) is 5.56 Å². The largest absolute Gasteiger partial charge is 0.506 e. The number of nitro groups is 1. The van der Waals surface area contributed by atoms with Gasteiger partial charge in [0.05, 0.1) is 4.92 Å². The van der Waals surface area contributed by atoms with Crippen LogP contribution in [0.2, 0.25) is 0 Å². The number of imide groups is 1. The number of nitro benzene ring substituents is 1. The summed E-state index contributed by atoms with van der Waals surface area (Å²) in [7, 11) is 0. The van der Waals surface area contributed by atoms with Gasteiger partial charge in [0.1, 0.15) is 11.8 Å². The lowest BCUT2D eigenvalue weighted by Crippen LogP contribution is -2.46. The summed E-state index contributed by atoms with van der Waals surface area (Å²) in [6, 6.07) is 5.90. The molecule has 10 heteroatoms. The van der Waals surface area contributed by atoms with E-state index < -0.39 is 34.0 Å². The second kappa shape index (κ2) is 6.41. The van der Waals surface area contributed by atoms with E-state index in [-0.39, 0.29) is 11.3 Å². The highest BCUT2D eigenvalue weighted by Crippen LogP contribution is 2.20. The fourth-order valence-corrected chi connectivity index (χ4v) is 1.76. The number of non-ortho nitro benzene ring substituents is 1. The van der Waals surface area contributed by atoms with Gasteiger partial charge in [-0.2, -0.15) is 10.3 Å². The van der Waals surface area contributed by atoms with Gasteiger partial charge in [-0.3, -0.25) is 29.9 Å². The van der Waals surface area contributed by atoms with E-state index in [4.69, 9.17) is 5.26 Å². The number of nitriles is 1. The van der Waals surface area contributed by atoms with Gasteiger partial charge in [0, 0.05) is 29.8 Å². The van der Waals surface area contributed by atoms with Gasteiger partial charge < -0.3 is 5.11 Å². The van der Waals surface area contributed by atoms with Crippen molar-refractivity contribution in [2.45, 2.75) is 0 Å². The number of aliphatic hydroxyl groups is 1. The first-order valence-electron chi connectivity index (χ1n) is 6.30. The van der Waals surface area contributed by atoms with Gasteiger partial charge in [-0.05, 0) is 12.1 Å². The van der Waals surface area contributed by atoms with Crippen LogP contribution in [0.5, 0.6) is 0 Å². The van der Waals surface area contributed by atoms with E-state index in [0.717, 1.165) is 36.4 Å². The van der Waals surface area contributed by atoms with Gasteiger partial charge in [-0.15, -0.1) is 0 Å². The van der Waals surface area contributed by atoms with Crippen LogP contribution in [0.3, 0.4) is 0 Å². The molecule has 10 nitrogen and oxygen atoms in total. The lowest BCUT2D eigenvalue weighted by molar-refractivity contribution is -0.384. The lowest BCUT2D eigenvalue weighted by Gasteiger charge is -2.14. The third-order valence-corrected chi connectivity index (χ3v) is 2.95. The number of hydrogen-bond donors (Lipinski definition) is 2. The monoisotopic (exact) mass is 328 g/mol. The van der Waals surface area contributed by atoms with Crippen molar-refractivity contribution in [1.29, 1.82) is 5.26 Å². The molecule has 0 unspecified atom stereocenters. The third-order valence-electron chi connectivity index (χ3n) is 2.95. The molecule has 0 aromatic heterocycles. The Morgan fingerprint density at radius 3 is 2.21 bits per heavy atom. The minimum absolute atomic E-state index is 0.0236. The summed E-state index contributed by atoms with van der Waals surface area (Å²) in [6.45, 7) is 0. The van der Waals surface area contributed by atoms with Crippen molar-refractivity contribution in [2.24, 2.45) is 0 Å². The van der Waals surface area contributed by atoms with Crippen molar-refractivity contribution >= 4 is 29.2 Å². The second-order valence-corrected chi connectivity index (χ2v) is 4.43. The molecule has 120 valence electrons. The Kier molecular flexibility index (Phi) is 4.37. The minimum atomic E-state index is -1.18. The normalized spacial score (nSPS) is 14.2. The molecule has 0 fully saturated rings. The van der Waals surface area contributed by atoms with Crippen molar-refractivity contribution in [2.75, 3.05) is 0 Å². The topological polar surface area (TPSA) is 154 Å². The first kappa shape index (κ1) is 16.4. The van der Waals surface area contributed by atoms with E-state index >= 15 is 0 Å². The van der Waals surface area contributed by atoms with E-state index in [1.165, 1.54) is 6.07 Å². The van der Waals surface area contributed by atoms with Crippen molar-refractivity contribution in [3.63, 3.8) is 0 Å². The van der Waals surface area contributed by atoms with Crippen LogP contribution < -0.4 is 5.43 Å². The van der Waals surface area contributed by atoms with Crippen LogP contribution in [-0.4, -0.2) is 32.8 Å². The van der Waals surface area contributed by atoms with Crippen molar-refractivity contribution in [1.82, 2.24) is 10.4 Å². The average Bonchev–Trinajstić information content (AvgIpc) is 2.87. The maximum Gasteiger partial charge on any atom is 0.284 e. The second-order valence-electron chi connectivity index (χ2n) is 4.43. The van der Waals surface area contributed by atoms with Crippen molar-refractivity contribution in [3.05, 3.63) is 57.7 Å². The number of amides is 3. The molecular weight excluding hydrogens is 320 g/mol. The number of carbonyl (C=O) groups excluding carboxylic acids is 3. The summed E-state index contributed by atoms with van der Waals surface area (Å²) in [5.74, 6) is -3.54. The number of nitrogens with one attached hydrogen (secondary N) is 1. The number of nitrogens with zero attached hydrogens (tertiary/aromatic N) is 3. The highest BCUT2D eigenvalue weighted by atomic mass is 16.6. The molecule has 0 saturated carbocycles. The zero-order valence-corrected chi connectivity index (χ0v) is 11.8. The summed E-state index contributed by atoms with van der Waals surface area (Å²) in [6.07, 6.45) is 1.85. The fourth-order valence-electron chi connectivity index (χ4n) is 1.76. The number of aliphatic hydroxyl groups excluding tert-OH is 1. The van der Waals surface area contributed by atoms with Gasteiger partial charge in [0.2, 0.25) is 0 Å². The van der Waals surface area contributed by atoms with Crippen molar-refractivity contribution < 1.29 is 24.4 Å². The Morgan fingerprint density at radius 2 is 1.75 bits per heavy atom. The molecule has 0 atom stereocenters. The molecule has 2 N–H and O–H groups in total. The van der Waals surface area contributed by atoms with Crippen LogP contribution in [0.4, 0.5) is 5.69 Å². The highest BCUT2D eigenvalue weighted by molar-refractivity contribution is 6.15. The number of benzene rings is 1. The Morgan fingerprint density at radius 1 is 1.21 bits per heavy atom. The van der Waals surface area contributed by atoms with E-state index in [9.17, 15) is 29.6 Å². The molecule has 0 spiro atoms. The highest BCUT2D eigenvalue weighted by Gasteiger charge is 2.28. The van der Waals surface area contributed by atoms with Gasteiger partial charge in [0.25, 0.3) is 23.4 Å². The summed E-state index contributed by atoms with van der Waals surface area (Å²) in [5, 5.41) is 30.0. The molecule has 1 aromatic carbocycles. The summed E-state index contributed by atoms with van der Waals surface area (Å²) < 4.78 is 0. The molecule has 3 amide bonds. The maximum atomic E-state index is 12.0. The smallest absolute Gasteiger partial charge is 0.284 e. The first-order valence-corrected chi connectivity index (χ1v) is 6.30. The fraction of sp³-hybridized carbons (Fsp3) is 0. The quantitative estimate of drug-likeness (QED) is 0.202. The van der Waals surface area contributed by atoms with E-state index in [0.29, 0.717) is 5.01 Å². The molecule has 1 aromatic rings. The summed E-state index contributed by atoms with van der Waals surface area (Å²) >= 11 is 0. The van der Waals surface area contributed by atoms with Gasteiger partial charge in [-0.1, -0.05) is 0 Å². The first-order chi connectivity index (χ1) is 11.3. The molecule has 24 heavy (non-hydrogen) atoms. The number of carbonyl (C=O) groups is 3. The minimum Gasteiger partial charge on any atom is -0.506 e. The molecule has 1 aliphatic heterocycles. The van der Waals surface area contributed by atoms with E-state index in [1.807, 2.05) is 5.43 Å².